The van der Waals surface area contributed by atoms with Crippen molar-refractivity contribution < 1.29 is 48.7 Å². The lowest BCUT2D eigenvalue weighted by Gasteiger charge is -2.46. The van der Waals surface area contributed by atoms with Crippen LogP contribution in [0, 0.1) is 23.7 Å². The number of carbonyl (C=O) groups excluding carboxylic acids is 3. The van der Waals surface area contributed by atoms with Crippen LogP contribution in [0.4, 0.5) is 0 Å². The van der Waals surface area contributed by atoms with Crippen LogP contribution in [0.5, 0.6) is 0 Å². The zero-order chi connectivity index (χ0) is 32.4. The maximum absolute atomic E-state index is 13.2. The molecule has 1 fully saturated rings. The fourth-order valence-corrected chi connectivity index (χ4v) is 6.11. The Bertz CT molecular complexity index is 968. The van der Waals surface area contributed by atoms with Gasteiger partial charge >= 0.3 is 5.97 Å². The van der Waals surface area contributed by atoms with Crippen molar-refractivity contribution in [1.29, 1.82) is 0 Å². The van der Waals surface area contributed by atoms with Gasteiger partial charge in [0.2, 0.25) is 0 Å². The Kier molecular flexibility index (Phi) is 15.1. The van der Waals surface area contributed by atoms with E-state index in [0.717, 1.165) is 11.9 Å². The summed E-state index contributed by atoms with van der Waals surface area (Å²) >= 11 is 0. The number of nitrogens with zero attached hydrogens (tertiary/aromatic N) is 1. The SMILES string of the molecule is CC[C@H]1OC(=O)C[C@@H](O)[C@H](C)[C@@H](O[C@@H]2O[C@H](C)[C@@H](O)[C@H](N(C)C)[C@H]2O)[C@@H](CC=O)C[C@@H](C)C(=O)/C=C/C(C)=C/[C@@H]1COC. The minimum Gasteiger partial charge on any atom is -0.462 e. The molecule has 0 unspecified atom stereocenters. The number of allylic oxidation sites excluding steroid dienone is 3. The second-order valence-electron chi connectivity index (χ2n) is 12.4. The number of carbonyl (C=O) groups is 3. The first-order chi connectivity index (χ1) is 20.2. The first kappa shape index (κ1) is 37.2. The van der Waals surface area contributed by atoms with E-state index in [1.807, 2.05) is 19.9 Å². The fourth-order valence-electron chi connectivity index (χ4n) is 6.11. The Morgan fingerprint density at radius 1 is 1.09 bits per heavy atom. The Labute approximate surface area is 256 Å². The van der Waals surface area contributed by atoms with Crippen molar-refractivity contribution in [3.8, 4) is 0 Å². The Balaban J connectivity index is 2.52. The molecule has 246 valence electrons. The van der Waals surface area contributed by atoms with Crippen LogP contribution in [0.15, 0.2) is 23.8 Å². The number of aliphatic hydroxyl groups is 3. The normalized spacial score (nSPS) is 40.9. The highest BCUT2D eigenvalue weighted by Crippen LogP contribution is 2.34. The summed E-state index contributed by atoms with van der Waals surface area (Å²) in [6, 6.07) is -0.701. The minimum atomic E-state index is -1.26. The zero-order valence-electron chi connectivity index (χ0n) is 26.9. The molecule has 0 saturated carbocycles. The third-order valence-corrected chi connectivity index (χ3v) is 8.71. The summed E-state index contributed by atoms with van der Waals surface area (Å²) in [7, 11) is 5.02. The van der Waals surface area contributed by atoms with E-state index >= 15 is 0 Å². The van der Waals surface area contributed by atoms with Crippen LogP contribution < -0.4 is 0 Å². The van der Waals surface area contributed by atoms with Crippen LogP contribution in [0.2, 0.25) is 0 Å². The number of aliphatic hydroxyl groups excluding tert-OH is 3. The second-order valence-corrected chi connectivity index (χ2v) is 12.4. The smallest absolute Gasteiger partial charge is 0.308 e. The van der Waals surface area contributed by atoms with Gasteiger partial charge in [0, 0.05) is 31.3 Å². The van der Waals surface area contributed by atoms with Gasteiger partial charge in [-0.15, -0.1) is 0 Å². The van der Waals surface area contributed by atoms with Gasteiger partial charge in [0.1, 0.15) is 18.5 Å². The molecule has 2 aliphatic rings. The molecular formula is C32H53NO10. The van der Waals surface area contributed by atoms with Crippen molar-refractivity contribution >= 4 is 18.0 Å². The van der Waals surface area contributed by atoms with Crippen molar-refractivity contribution in [2.24, 2.45) is 23.7 Å². The molecule has 0 bridgehead atoms. The molecule has 2 aliphatic heterocycles. The summed E-state index contributed by atoms with van der Waals surface area (Å²) in [4.78, 5) is 39.8. The highest BCUT2D eigenvalue weighted by atomic mass is 16.7. The molecule has 3 N–H and O–H groups in total. The number of cyclic esters (lactones) is 1. The van der Waals surface area contributed by atoms with E-state index in [4.69, 9.17) is 18.9 Å². The lowest BCUT2D eigenvalue weighted by atomic mass is 9.79. The number of hydrogen-bond donors (Lipinski definition) is 3. The largest absolute Gasteiger partial charge is 0.462 e. The average molecular weight is 612 g/mol. The van der Waals surface area contributed by atoms with Crippen LogP contribution in [0.1, 0.15) is 60.3 Å². The van der Waals surface area contributed by atoms with Crippen LogP contribution in [0.3, 0.4) is 0 Å². The Morgan fingerprint density at radius 3 is 2.35 bits per heavy atom. The van der Waals surface area contributed by atoms with E-state index in [1.54, 1.807) is 53.0 Å². The van der Waals surface area contributed by atoms with Gasteiger partial charge < -0.3 is 44.0 Å². The van der Waals surface area contributed by atoms with Crippen molar-refractivity contribution in [1.82, 2.24) is 4.90 Å². The Hall–Kier alpha value is -1.99. The average Bonchev–Trinajstić information content (AvgIpc) is 2.94. The molecule has 1 saturated heterocycles. The fraction of sp³-hybridized carbons (Fsp3) is 0.781. The predicted molar refractivity (Wildman–Crippen MR) is 160 cm³/mol. The molecule has 11 nitrogen and oxygen atoms in total. The molecular weight excluding hydrogens is 558 g/mol. The van der Waals surface area contributed by atoms with Crippen LogP contribution >= 0.6 is 0 Å². The first-order valence-corrected chi connectivity index (χ1v) is 15.3. The van der Waals surface area contributed by atoms with E-state index in [0.29, 0.717) is 13.0 Å². The second kappa shape index (κ2) is 17.5. The van der Waals surface area contributed by atoms with Crippen molar-refractivity contribution in [2.75, 3.05) is 27.8 Å². The van der Waals surface area contributed by atoms with E-state index in [2.05, 4.69) is 0 Å². The van der Waals surface area contributed by atoms with Crippen LogP contribution in [-0.2, 0) is 33.3 Å². The summed E-state index contributed by atoms with van der Waals surface area (Å²) in [5, 5.41) is 33.1. The summed E-state index contributed by atoms with van der Waals surface area (Å²) < 4.78 is 23.4. The standard InChI is InChI=1S/C32H53NO10/c1-9-26-23(17-40-8)14-18(2)10-11-24(35)19(3)15-22(12-13-34)31(20(4)25(36)16-27(37)42-26)43-32-30(39)28(33(6)7)29(38)21(5)41-32/h10-11,13-14,19-23,25-26,28-32,36,38-39H,9,12,15-17H2,1-8H3/b11-10+,18-14+/t19-,20+,21-,22+,23-,25-,26-,28+,29-,30-,31-,32+/m1/s1. The maximum Gasteiger partial charge on any atom is 0.308 e. The Morgan fingerprint density at radius 2 is 1.77 bits per heavy atom. The summed E-state index contributed by atoms with van der Waals surface area (Å²) in [5.74, 6) is -2.76. The highest BCUT2D eigenvalue weighted by molar-refractivity contribution is 5.91. The molecule has 11 heteroatoms. The van der Waals surface area contributed by atoms with E-state index in [1.165, 1.54) is 6.08 Å². The van der Waals surface area contributed by atoms with E-state index in [-0.39, 0.29) is 31.0 Å². The summed E-state index contributed by atoms with van der Waals surface area (Å²) in [6.45, 7) is 9.19. The van der Waals surface area contributed by atoms with Crippen molar-refractivity contribution in [3.05, 3.63) is 23.8 Å². The van der Waals surface area contributed by atoms with Crippen molar-refractivity contribution in [3.63, 3.8) is 0 Å². The van der Waals surface area contributed by atoms with Gasteiger partial charge in [-0.3, -0.25) is 9.59 Å². The third kappa shape index (κ3) is 10.3. The van der Waals surface area contributed by atoms with Crippen LogP contribution in [0.25, 0.3) is 0 Å². The molecule has 43 heavy (non-hydrogen) atoms. The van der Waals surface area contributed by atoms with Gasteiger partial charge in [-0.2, -0.15) is 0 Å². The molecule has 2 rings (SSSR count). The molecule has 0 amide bonds. The maximum atomic E-state index is 13.2. The number of ketones is 1. The summed E-state index contributed by atoms with van der Waals surface area (Å²) in [5.41, 5.74) is 0.804. The first-order valence-electron chi connectivity index (χ1n) is 15.3. The predicted octanol–water partition coefficient (Wildman–Crippen LogP) is 2.06. The molecule has 0 aromatic heterocycles. The number of methoxy groups -OCH3 is 1. The summed E-state index contributed by atoms with van der Waals surface area (Å²) in [6.07, 6.45) is -0.437. The van der Waals surface area contributed by atoms with Gasteiger partial charge in [0.15, 0.2) is 12.1 Å². The monoisotopic (exact) mass is 611 g/mol. The number of ether oxygens (including phenoxy) is 4. The minimum absolute atomic E-state index is 0.0150. The number of hydrogen-bond acceptors (Lipinski definition) is 11. The molecule has 0 aliphatic carbocycles. The van der Waals surface area contributed by atoms with Gasteiger partial charge in [0.25, 0.3) is 0 Å². The molecule has 0 aromatic carbocycles. The van der Waals surface area contributed by atoms with Gasteiger partial charge in [-0.25, -0.2) is 0 Å². The third-order valence-electron chi connectivity index (χ3n) is 8.71. The number of likely N-dealkylation sites (N-methyl/N-ethyl adjacent to an activating group) is 1. The molecule has 2 heterocycles. The molecule has 0 spiro atoms. The quantitative estimate of drug-likeness (QED) is 0.273. The lowest BCUT2D eigenvalue weighted by molar-refractivity contribution is -0.304. The van der Waals surface area contributed by atoms with E-state index in [9.17, 15) is 29.7 Å². The topological polar surface area (TPSA) is 152 Å². The zero-order valence-corrected chi connectivity index (χ0v) is 26.9. The van der Waals surface area contributed by atoms with Gasteiger partial charge in [-0.05, 0) is 52.8 Å². The number of aldehydes is 1. The number of esters is 1. The van der Waals surface area contributed by atoms with Crippen LogP contribution in [-0.4, -0.2) is 115 Å². The lowest BCUT2D eigenvalue weighted by Crippen LogP contribution is -2.63. The molecule has 0 aromatic rings. The van der Waals surface area contributed by atoms with Crippen molar-refractivity contribution in [2.45, 2.75) is 109 Å². The molecule has 0 radical (unpaired) electrons. The van der Waals surface area contributed by atoms with Gasteiger partial charge in [-0.1, -0.05) is 38.5 Å². The molecule has 12 atom stereocenters. The highest BCUT2D eigenvalue weighted by Gasteiger charge is 2.47. The number of rotatable bonds is 8. The van der Waals surface area contributed by atoms with Gasteiger partial charge in [0.05, 0.1) is 43.5 Å². The van der Waals surface area contributed by atoms with E-state index < -0.39 is 72.7 Å².